The molecule has 0 aromatic rings. The highest BCUT2D eigenvalue weighted by Gasteiger charge is 2.20. The molecule has 4 heteroatoms. The second kappa shape index (κ2) is 7.43. The molecule has 1 aliphatic rings. The van der Waals surface area contributed by atoms with E-state index in [4.69, 9.17) is 4.74 Å². The van der Waals surface area contributed by atoms with Crippen LogP contribution in [0.5, 0.6) is 0 Å². The molecule has 1 rings (SSSR count). The van der Waals surface area contributed by atoms with Crippen molar-refractivity contribution in [2.24, 2.45) is 5.92 Å². The van der Waals surface area contributed by atoms with Crippen LogP contribution in [0.25, 0.3) is 0 Å². The second-order valence-corrected chi connectivity index (χ2v) is 5.01. The van der Waals surface area contributed by atoms with Crippen LogP contribution in [0, 0.1) is 5.92 Å². The minimum absolute atomic E-state index is 0.0158. The van der Waals surface area contributed by atoms with Crippen LogP contribution in [0.4, 0.5) is 0 Å². The van der Waals surface area contributed by atoms with Crippen molar-refractivity contribution in [1.29, 1.82) is 0 Å². The van der Waals surface area contributed by atoms with Gasteiger partial charge in [-0.15, -0.1) is 0 Å². The minimum atomic E-state index is 0.0158. The Morgan fingerprint density at radius 1 is 1.35 bits per heavy atom. The van der Waals surface area contributed by atoms with Crippen molar-refractivity contribution < 1.29 is 14.3 Å². The topological polar surface area (TPSA) is 46.6 Å². The van der Waals surface area contributed by atoms with Crippen molar-refractivity contribution in [1.82, 2.24) is 4.90 Å². The Kier molecular flexibility index (Phi) is 6.19. The first-order chi connectivity index (χ1) is 8.09. The van der Waals surface area contributed by atoms with Gasteiger partial charge in [0.1, 0.15) is 12.4 Å². The van der Waals surface area contributed by atoms with Crippen LogP contribution in [0.15, 0.2) is 0 Å². The van der Waals surface area contributed by atoms with Gasteiger partial charge in [-0.2, -0.15) is 0 Å². The predicted octanol–water partition coefficient (Wildman–Crippen LogP) is 1.63. The maximum Gasteiger partial charge on any atom is 0.248 e. The summed E-state index contributed by atoms with van der Waals surface area (Å²) in [5.41, 5.74) is 0. The molecule has 0 saturated carbocycles. The maximum atomic E-state index is 11.7. The lowest BCUT2D eigenvalue weighted by atomic mass is 10.1. The molecule has 0 N–H and O–H groups in total. The summed E-state index contributed by atoms with van der Waals surface area (Å²) in [7, 11) is 0. The van der Waals surface area contributed by atoms with Crippen LogP contribution in [0.2, 0.25) is 0 Å². The molecular formula is C13H23NO3. The number of ether oxygens (including phenoxy) is 1. The number of nitrogens with zero attached hydrogens (tertiary/aromatic N) is 1. The van der Waals surface area contributed by atoms with Crippen molar-refractivity contribution in [3.05, 3.63) is 0 Å². The van der Waals surface area contributed by atoms with Crippen LogP contribution >= 0.6 is 0 Å². The lowest BCUT2D eigenvalue weighted by molar-refractivity contribution is -0.138. The van der Waals surface area contributed by atoms with Gasteiger partial charge in [-0.1, -0.05) is 13.8 Å². The van der Waals surface area contributed by atoms with Crippen molar-refractivity contribution in [3.8, 4) is 0 Å². The Morgan fingerprint density at radius 2 is 2.00 bits per heavy atom. The summed E-state index contributed by atoms with van der Waals surface area (Å²) in [5, 5.41) is 0. The van der Waals surface area contributed by atoms with E-state index in [0.29, 0.717) is 38.5 Å². The molecule has 4 nitrogen and oxygen atoms in total. The number of rotatable bonds is 6. The van der Waals surface area contributed by atoms with Gasteiger partial charge in [0, 0.05) is 32.5 Å². The molecule has 0 spiro atoms. The number of ketones is 1. The number of carbonyl (C=O) groups is 2. The molecule has 0 aromatic carbocycles. The number of carbonyl (C=O) groups excluding carboxylic acids is 2. The number of piperidine rings is 1. The van der Waals surface area contributed by atoms with Gasteiger partial charge >= 0.3 is 0 Å². The molecular weight excluding hydrogens is 218 g/mol. The highest BCUT2D eigenvalue weighted by molar-refractivity contribution is 5.83. The minimum Gasteiger partial charge on any atom is -0.372 e. The van der Waals surface area contributed by atoms with E-state index in [2.05, 4.69) is 13.8 Å². The molecule has 1 heterocycles. The van der Waals surface area contributed by atoms with Gasteiger partial charge in [-0.05, 0) is 18.8 Å². The van der Waals surface area contributed by atoms with Gasteiger partial charge < -0.3 is 9.64 Å². The normalized spacial score (nSPS) is 16.6. The quantitative estimate of drug-likeness (QED) is 0.664. The summed E-state index contributed by atoms with van der Waals surface area (Å²) in [5.74, 6) is 0.955. The number of amides is 1. The molecule has 17 heavy (non-hydrogen) atoms. The zero-order valence-electron chi connectivity index (χ0n) is 10.9. The largest absolute Gasteiger partial charge is 0.372 e. The standard InChI is InChI=1S/C13H23NO3/c1-11(2)4-3-9-17-10-13(16)14-7-5-12(15)6-8-14/h11H,3-10H2,1-2H3. The highest BCUT2D eigenvalue weighted by atomic mass is 16.5. The van der Waals surface area contributed by atoms with Crippen LogP contribution in [0.3, 0.4) is 0 Å². The fourth-order valence-corrected chi connectivity index (χ4v) is 1.85. The SMILES string of the molecule is CC(C)CCCOCC(=O)N1CCC(=O)CC1. The van der Waals surface area contributed by atoms with Crippen LogP contribution in [-0.4, -0.2) is 42.9 Å². The van der Waals surface area contributed by atoms with E-state index < -0.39 is 0 Å². The van der Waals surface area contributed by atoms with E-state index in [1.807, 2.05) is 0 Å². The fraction of sp³-hybridized carbons (Fsp3) is 0.846. The lowest BCUT2D eigenvalue weighted by Crippen LogP contribution is -2.40. The smallest absolute Gasteiger partial charge is 0.248 e. The molecule has 0 aliphatic carbocycles. The molecule has 0 radical (unpaired) electrons. The van der Waals surface area contributed by atoms with Gasteiger partial charge in [0.15, 0.2) is 0 Å². The summed E-state index contributed by atoms with van der Waals surface area (Å²) < 4.78 is 5.35. The number of likely N-dealkylation sites (tertiary alicyclic amines) is 1. The molecule has 0 unspecified atom stereocenters. The molecule has 1 amide bonds. The monoisotopic (exact) mass is 241 g/mol. The molecule has 0 aromatic heterocycles. The van der Waals surface area contributed by atoms with Crippen molar-refractivity contribution in [2.75, 3.05) is 26.3 Å². The van der Waals surface area contributed by atoms with E-state index in [1.165, 1.54) is 0 Å². The van der Waals surface area contributed by atoms with Gasteiger partial charge in [0.05, 0.1) is 0 Å². The van der Waals surface area contributed by atoms with Crippen LogP contribution in [-0.2, 0) is 14.3 Å². The first-order valence-corrected chi connectivity index (χ1v) is 6.47. The number of Topliss-reactive ketones (excluding diaryl/α,β-unsaturated/α-hetero) is 1. The first kappa shape index (κ1) is 14.2. The Balaban J connectivity index is 2.06. The second-order valence-electron chi connectivity index (χ2n) is 5.01. The van der Waals surface area contributed by atoms with Gasteiger partial charge in [-0.25, -0.2) is 0 Å². The zero-order chi connectivity index (χ0) is 12.7. The fourth-order valence-electron chi connectivity index (χ4n) is 1.85. The van der Waals surface area contributed by atoms with Gasteiger partial charge in [0.25, 0.3) is 0 Å². The summed E-state index contributed by atoms with van der Waals surface area (Å²) in [6.45, 7) is 6.29. The van der Waals surface area contributed by atoms with Crippen molar-refractivity contribution in [2.45, 2.75) is 39.5 Å². The Bertz CT molecular complexity index is 253. The first-order valence-electron chi connectivity index (χ1n) is 6.47. The van der Waals surface area contributed by atoms with E-state index in [1.54, 1.807) is 4.90 Å². The Hall–Kier alpha value is -0.900. The van der Waals surface area contributed by atoms with Gasteiger partial charge in [-0.3, -0.25) is 9.59 Å². The third-order valence-electron chi connectivity index (χ3n) is 2.97. The average Bonchev–Trinajstić information content (AvgIpc) is 2.29. The van der Waals surface area contributed by atoms with Gasteiger partial charge in [0.2, 0.25) is 5.91 Å². The van der Waals surface area contributed by atoms with E-state index in [9.17, 15) is 9.59 Å². The average molecular weight is 241 g/mol. The van der Waals surface area contributed by atoms with E-state index in [-0.39, 0.29) is 18.3 Å². The molecule has 0 bridgehead atoms. The van der Waals surface area contributed by atoms with Crippen molar-refractivity contribution >= 4 is 11.7 Å². The molecule has 0 atom stereocenters. The van der Waals surface area contributed by atoms with E-state index in [0.717, 1.165) is 12.8 Å². The molecule has 1 fully saturated rings. The maximum absolute atomic E-state index is 11.7. The summed E-state index contributed by atoms with van der Waals surface area (Å²) >= 11 is 0. The van der Waals surface area contributed by atoms with Crippen LogP contribution < -0.4 is 0 Å². The number of hydrogen-bond donors (Lipinski definition) is 0. The molecule has 1 saturated heterocycles. The summed E-state index contributed by atoms with van der Waals surface area (Å²) in [6, 6.07) is 0. The number of hydrogen-bond acceptors (Lipinski definition) is 3. The van der Waals surface area contributed by atoms with E-state index >= 15 is 0 Å². The lowest BCUT2D eigenvalue weighted by Gasteiger charge is -2.25. The zero-order valence-corrected chi connectivity index (χ0v) is 10.9. The molecule has 1 aliphatic heterocycles. The third kappa shape index (κ3) is 5.82. The van der Waals surface area contributed by atoms with Crippen LogP contribution in [0.1, 0.15) is 39.5 Å². The Morgan fingerprint density at radius 3 is 2.59 bits per heavy atom. The molecule has 98 valence electrons. The third-order valence-corrected chi connectivity index (χ3v) is 2.97. The summed E-state index contributed by atoms with van der Waals surface area (Å²) in [4.78, 5) is 24.4. The highest BCUT2D eigenvalue weighted by Crippen LogP contribution is 2.06. The van der Waals surface area contributed by atoms with Crippen molar-refractivity contribution in [3.63, 3.8) is 0 Å². The summed E-state index contributed by atoms with van der Waals surface area (Å²) in [6.07, 6.45) is 3.13. The Labute approximate surface area is 103 Å². The predicted molar refractivity (Wildman–Crippen MR) is 65.7 cm³/mol.